The molecule has 0 fully saturated rings. The second kappa shape index (κ2) is 8.11. The zero-order valence-electron chi connectivity index (χ0n) is 10.2. The summed E-state index contributed by atoms with van der Waals surface area (Å²) in [6.45, 7) is 6.29. The molecule has 0 saturated heterocycles. The van der Waals surface area contributed by atoms with E-state index in [1.807, 2.05) is 12.1 Å². The predicted octanol–water partition coefficient (Wildman–Crippen LogP) is 4.40. The monoisotopic (exact) mass is 364 g/mol. The molecule has 17 heavy (non-hydrogen) atoms. The van der Waals surface area contributed by atoms with Crippen molar-refractivity contribution in [2.45, 2.75) is 19.2 Å². The molecule has 0 aliphatic heterocycles. The Kier molecular flexibility index (Phi) is 7.16. The first-order valence-corrected chi connectivity index (χ1v) is 7.60. The van der Waals surface area contributed by atoms with Gasteiger partial charge in [0, 0.05) is 22.0 Å². The van der Waals surface area contributed by atoms with E-state index in [0.717, 1.165) is 27.7 Å². The first-order chi connectivity index (χ1) is 8.13. The largest absolute Gasteiger partial charge is 0.491 e. The van der Waals surface area contributed by atoms with E-state index in [4.69, 9.17) is 9.47 Å². The van der Waals surface area contributed by atoms with E-state index < -0.39 is 0 Å². The summed E-state index contributed by atoms with van der Waals surface area (Å²) < 4.78 is 12.2. The summed E-state index contributed by atoms with van der Waals surface area (Å²) in [6.07, 6.45) is 0. The van der Waals surface area contributed by atoms with E-state index in [9.17, 15) is 0 Å². The maximum atomic E-state index is 5.69. The van der Waals surface area contributed by atoms with Crippen LogP contribution in [0.5, 0.6) is 5.75 Å². The van der Waals surface area contributed by atoms with Gasteiger partial charge in [-0.05, 0) is 24.1 Å². The maximum Gasteiger partial charge on any atom is 0.123 e. The molecule has 0 aromatic heterocycles. The van der Waals surface area contributed by atoms with Crippen LogP contribution in [0.3, 0.4) is 0 Å². The van der Waals surface area contributed by atoms with E-state index >= 15 is 0 Å². The van der Waals surface area contributed by atoms with Gasteiger partial charge >= 0.3 is 0 Å². The minimum atomic E-state index is 0.570. The fourth-order valence-electron chi connectivity index (χ4n) is 1.32. The van der Waals surface area contributed by atoms with Crippen LogP contribution in [0.1, 0.15) is 19.4 Å². The molecule has 96 valence electrons. The molecule has 0 aliphatic carbocycles. The van der Waals surface area contributed by atoms with Gasteiger partial charge in [0.25, 0.3) is 0 Å². The van der Waals surface area contributed by atoms with E-state index in [2.05, 4.69) is 51.8 Å². The highest BCUT2D eigenvalue weighted by atomic mass is 79.9. The lowest BCUT2D eigenvalue weighted by Crippen LogP contribution is -2.10. The smallest absolute Gasteiger partial charge is 0.123 e. The summed E-state index contributed by atoms with van der Waals surface area (Å²) in [6, 6.07) is 6.01. The lowest BCUT2D eigenvalue weighted by molar-refractivity contribution is 0.0817. The Hall–Kier alpha value is -0.0600. The van der Waals surface area contributed by atoms with Crippen molar-refractivity contribution in [3.63, 3.8) is 0 Å². The summed E-state index contributed by atoms with van der Waals surface area (Å²) in [5.41, 5.74) is 1.14. The average Bonchev–Trinajstić information content (AvgIpc) is 2.29. The van der Waals surface area contributed by atoms with Crippen molar-refractivity contribution in [1.29, 1.82) is 0 Å². The third kappa shape index (κ3) is 5.89. The Morgan fingerprint density at radius 1 is 1.24 bits per heavy atom. The summed E-state index contributed by atoms with van der Waals surface area (Å²) in [5, 5.41) is 0.786. The highest BCUT2D eigenvalue weighted by Gasteiger charge is 2.03. The second-order valence-electron chi connectivity index (χ2n) is 4.20. The Bertz CT molecular complexity index is 340. The summed E-state index contributed by atoms with van der Waals surface area (Å²) >= 11 is 6.90. The van der Waals surface area contributed by atoms with Crippen molar-refractivity contribution in [3.05, 3.63) is 28.2 Å². The van der Waals surface area contributed by atoms with Crippen LogP contribution in [0, 0.1) is 5.92 Å². The fraction of sp³-hybridized carbons (Fsp3) is 0.538. The van der Waals surface area contributed by atoms with Crippen molar-refractivity contribution < 1.29 is 9.47 Å². The molecule has 1 aromatic carbocycles. The van der Waals surface area contributed by atoms with E-state index in [1.165, 1.54) is 0 Å². The van der Waals surface area contributed by atoms with E-state index in [1.54, 1.807) is 0 Å². The molecule has 2 nitrogen and oxygen atoms in total. The van der Waals surface area contributed by atoms with Gasteiger partial charge < -0.3 is 9.47 Å². The molecule has 0 heterocycles. The van der Waals surface area contributed by atoms with Crippen LogP contribution in [0.4, 0.5) is 0 Å². The molecule has 0 unspecified atom stereocenters. The minimum Gasteiger partial charge on any atom is -0.491 e. The van der Waals surface area contributed by atoms with Crippen LogP contribution in [-0.2, 0) is 10.1 Å². The van der Waals surface area contributed by atoms with Gasteiger partial charge in [-0.15, -0.1) is 0 Å². The van der Waals surface area contributed by atoms with Crippen molar-refractivity contribution in [1.82, 2.24) is 0 Å². The van der Waals surface area contributed by atoms with Gasteiger partial charge in [-0.3, -0.25) is 0 Å². The van der Waals surface area contributed by atoms with Gasteiger partial charge in [0.15, 0.2) is 0 Å². The topological polar surface area (TPSA) is 18.5 Å². The SMILES string of the molecule is CC(C)COCCOc1ccc(Br)cc1CBr. The Balaban J connectivity index is 2.36. The molecule has 0 aliphatic rings. The third-order valence-corrected chi connectivity index (χ3v) is 3.20. The van der Waals surface area contributed by atoms with Crippen LogP contribution < -0.4 is 4.74 Å². The molecule has 0 amide bonds. The molecule has 0 N–H and O–H groups in total. The van der Waals surface area contributed by atoms with E-state index in [0.29, 0.717) is 19.1 Å². The molecule has 0 spiro atoms. The van der Waals surface area contributed by atoms with Crippen LogP contribution >= 0.6 is 31.9 Å². The molecule has 0 radical (unpaired) electrons. The zero-order valence-corrected chi connectivity index (χ0v) is 13.4. The number of ether oxygens (including phenoxy) is 2. The second-order valence-corrected chi connectivity index (χ2v) is 5.68. The molecular weight excluding hydrogens is 348 g/mol. The van der Waals surface area contributed by atoms with Crippen LogP contribution in [-0.4, -0.2) is 19.8 Å². The highest BCUT2D eigenvalue weighted by Crippen LogP contribution is 2.25. The quantitative estimate of drug-likeness (QED) is 0.526. The first kappa shape index (κ1) is 15.0. The molecule has 4 heteroatoms. The number of hydrogen-bond donors (Lipinski definition) is 0. The average molecular weight is 366 g/mol. The van der Waals surface area contributed by atoms with Crippen molar-refractivity contribution >= 4 is 31.9 Å². The van der Waals surface area contributed by atoms with Gasteiger partial charge in [-0.2, -0.15) is 0 Å². The Morgan fingerprint density at radius 2 is 2.00 bits per heavy atom. The summed E-state index contributed by atoms with van der Waals surface area (Å²) in [5.74, 6) is 1.49. The first-order valence-electron chi connectivity index (χ1n) is 5.68. The molecule has 1 rings (SSSR count). The number of halogens is 2. The van der Waals surface area contributed by atoms with Crippen LogP contribution in [0.25, 0.3) is 0 Å². The lowest BCUT2D eigenvalue weighted by Gasteiger charge is -2.11. The zero-order chi connectivity index (χ0) is 12.7. The van der Waals surface area contributed by atoms with Crippen molar-refractivity contribution in [2.75, 3.05) is 19.8 Å². The third-order valence-electron chi connectivity index (χ3n) is 2.10. The van der Waals surface area contributed by atoms with Gasteiger partial charge in [-0.1, -0.05) is 45.7 Å². The van der Waals surface area contributed by atoms with E-state index in [-0.39, 0.29) is 0 Å². The molecule has 1 aromatic rings. The standard InChI is InChI=1S/C13H18Br2O2/c1-10(2)9-16-5-6-17-13-4-3-12(15)7-11(13)8-14/h3-4,7,10H,5-6,8-9H2,1-2H3. The fourth-order valence-corrected chi connectivity index (χ4v) is 2.17. The predicted molar refractivity (Wildman–Crippen MR) is 77.9 cm³/mol. The van der Waals surface area contributed by atoms with Gasteiger partial charge in [-0.25, -0.2) is 0 Å². The number of rotatable bonds is 7. The summed E-state index contributed by atoms with van der Waals surface area (Å²) in [7, 11) is 0. The molecular formula is C13H18Br2O2. The normalized spacial score (nSPS) is 10.9. The van der Waals surface area contributed by atoms with Gasteiger partial charge in [0.2, 0.25) is 0 Å². The summed E-state index contributed by atoms with van der Waals surface area (Å²) in [4.78, 5) is 0. The lowest BCUT2D eigenvalue weighted by atomic mass is 10.2. The maximum absolute atomic E-state index is 5.69. The van der Waals surface area contributed by atoms with Crippen molar-refractivity contribution in [2.24, 2.45) is 5.92 Å². The van der Waals surface area contributed by atoms with Gasteiger partial charge in [0.05, 0.1) is 6.61 Å². The van der Waals surface area contributed by atoms with Crippen LogP contribution in [0.15, 0.2) is 22.7 Å². The number of alkyl halides is 1. The van der Waals surface area contributed by atoms with Crippen LogP contribution in [0.2, 0.25) is 0 Å². The number of benzene rings is 1. The molecule has 0 atom stereocenters. The Morgan fingerprint density at radius 3 is 2.65 bits per heavy atom. The van der Waals surface area contributed by atoms with Gasteiger partial charge in [0.1, 0.15) is 12.4 Å². The Labute approximate surface area is 120 Å². The minimum absolute atomic E-state index is 0.570. The number of hydrogen-bond acceptors (Lipinski definition) is 2. The molecule has 0 saturated carbocycles. The molecule has 0 bridgehead atoms. The van der Waals surface area contributed by atoms with Crippen molar-refractivity contribution in [3.8, 4) is 5.75 Å². The highest BCUT2D eigenvalue weighted by molar-refractivity contribution is 9.10.